The largest absolute Gasteiger partial charge is 0.477 e. The Morgan fingerprint density at radius 2 is 1.93 bits per heavy atom. The summed E-state index contributed by atoms with van der Waals surface area (Å²) in [5, 5.41) is 19.4. The number of halogens is 2. The molecule has 9 heteroatoms. The molecule has 1 N–H and O–H groups in total. The van der Waals surface area contributed by atoms with Gasteiger partial charge in [-0.1, -0.05) is 17.7 Å². The first kappa shape index (κ1) is 22.4. The second-order valence-corrected chi connectivity index (χ2v) is 8.88. The average molecular weight is 508 g/mol. The van der Waals surface area contributed by atoms with Gasteiger partial charge < -0.3 is 14.6 Å². The Hall–Kier alpha value is -2.29. The highest BCUT2D eigenvalue weighted by atomic mass is 79.9. The lowest BCUT2D eigenvalue weighted by Crippen LogP contribution is -2.09. The highest BCUT2D eigenvalue weighted by Gasteiger charge is 2.18. The van der Waals surface area contributed by atoms with E-state index in [4.69, 9.17) is 11.6 Å². The zero-order valence-electron chi connectivity index (χ0n) is 16.6. The molecule has 30 heavy (non-hydrogen) atoms. The molecule has 0 saturated carbocycles. The van der Waals surface area contributed by atoms with Crippen LogP contribution in [0.4, 0.5) is 5.69 Å². The predicted molar refractivity (Wildman–Crippen MR) is 126 cm³/mol. The number of nitrogens with zero attached hydrogens (tertiary/aromatic N) is 4. The number of carbonyl (C=O) groups is 1. The molecule has 2 aromatic carbocycles. The van der Waals surface area contributed by atoms with Crippen LogP contribution in [0.3, 0.4) is 0 Å². The minimum atomic E-state index is -1.02. The van der Waals surface area contributed by atoms with Crippen molar-refractivity contribution in [1.29, 1.82) is 0 Å². The number of hydrogen-bond donors (Lipinski definition) is 1. The molecule has 6 nitrogen and oxygen atoms in total. The van der Waals surface area contributed by atoms with Crippen LogP contribution in [0.5, 0.6) is 0 Å². The number of rotatable bonds is 7. The maximum atomic E-state index is 11.9. The Balaban J connectivity index is 1.94. The van der Waals surface area contributed by atoms with Crippen molar-refractivity contribution < 1.29 is 9.90 Å². The first-order chi connectivity index (χ1) is 14.3. The standard InChI is InChI=1S/C21H20BrClN4O2S/c1-4-27-19(14-6-8-15(23)9-7-14)24-25-21(27)30-18(20(28)29)12-13-5-10-17(26(2)3)16(22)11-13/h5-12H,4H2,1-3H3,(H,28,29)/b18-12-. The summed E-state index contributed by atoms with van der Waals surface area (Å²) >= 11 is 10.6. The second kappa shape index (κ2) is 9.68. The van der Waals surface area contributed by atoms with Gasteiger partial charge in [0.1, 0.15) is 4.91 Å². The maximum Gasteiger partial charge on any atom is 0.342 e. The van der Waals surface area contributed by atoms with Gasteiger partial charge in [0, 0.05) is 35.7 Å². The summed E-state index contributed by atoms with van der Waals surface area (Å²) in [6.45, 7) is 2.57. The molecular weight excluding hydrogens is 488 g/mol. The van der Waals surface area contributed by atoms with Gasteiger partial charge in [-0.05, 0) is 82.7 Å². The molecule has 0 bridgehead atoms. The highest BCUT2D eigenvalue weighted by Crippen LogP contribution is 2.32. The van der Waals surface area contributed by atoms with Crippen molar-refractivity contribution in [3.8, 4) is 11.4 Å². The number of benzene rings is 2. The van der Waals surface area contributed by atoms with Gasteiger partial charge in [0.2, 0.25) is 0 Å². The van der Waals surface area contributed by atoms with E-state index >= 15 is 0 Å². The summed E-state index contributed by atoms with van der Waals surface area (Å²) in [6.07, 6.45) is 1.63. The smallest absolute Gasteiger partial charge is 0.342 e. The molecule has 3 rings (SSSR count). The number of aromatic nitrogens is 3. The maximum absolute atomic E-state index is 11.9. The van der Waals surface area contributed by atoms with Gasteiger partial charge in [-0.3, -0.25) is 0 Å². The summed E-state index contributed by atoms with van der Waals surface area (Å²) in [4.78, 5) is 14.0. The van der Waals surface area contributed by atoms with Crippen LogP contribution in [0.1, 0.15) is 12.5 Å². The van der Waals surface area contributed by atoms with Crippen molar-refractivity contribution >= 4 is 57.0 Å². The number of carboxylic acids is 1. The summed E-state index contributed by atoms with van der Waals surface area (Å²) in [5.41, 5.74) is 2.65. The van der Waals surface area contributed by atoms with E-state index in [1.807, 2.05) is 60.8 Å². The molecule has 156 valence electrons. The molecule has 0 radical (unpaired) electrons. The third-order valence-corrected chi connectivity index (χ3v) is 6.18. The molecule has 0 spiro atoms. The number of aliphatic carboxylic acids is 1. The lowest BCUT2D eigenvalue weighted by molar-refractivity contribution is -0.131. The zero-order valence-corrected chi connectivity index (χ0v) is 19.8. The lowest BCUT2D eigenvalue weighted by Gasteiger charge is -2.14. The Morgan fingerprint density at radius 1 is 1.23 bits per heavy atom. The van der Waals surface area contributed by atoms with Gasteiger partial charge in [0.05, 0.1) is 5.69 Å². The summed E-state index contributed by atoms with van der Waals surface area (Å²) in [5.74, 6) is -0.356. The van der Waals surface area contributed by atoms with Gasteiger partial charge in [0.25, 0.3) is 0 Å². The first-order valence-corrected chi connectivity index (χ1v) is 11.1. The van der Waals surface area contributed by atoms with Gasteiger partial charge >= 0.3 is 5.97 Å². The highest BCUT2D eigenvalue weighted by molar-refractivity contribution is 9.10. The topological polar surface area (TPSA) is 71.2 Å². The fraction of sp³-hybridized carbons (Fsp3) is 0.190. The Morgan fingerprint density at radius 3 is 2.50 bits per heavy atom. The van der Waals surface area contributed by atoms with E-state index in [9.17, 15) is 9.90 Å². The lowest BCUT2D eigenvalue weighted by atomic mass is 10.2. The van der Waals surface area contributed by atoms with Crippen molar-refractivity contribution in [2.24, 2.45) is 0 Å². The molecule has 1 aromatic heterocycles. The molecule has 0 unspecified atom stereocenters. The summed E-state index contributed by atoms with van der Waals surface area (Å²) in [7, 11) is 3.90. The molecule has 3 aromatic rings. The third kappa shape index (κ3) is 5.06. The zero-order chi connectivity index (χ0) is 21.8. The van der Waals surface area contributed by atoms with Crippen molar-refractivity contribution in [2.45, 2.75) is 18.6 Å². The van der Waals surface area contributed by atoms with Crippen LogP contribution in [0, 0.1) is 0 Å². The molecule has 1 heterocycles. The van der Waals surface area contributed by atoms with Crippen molar-refractivity contribution in [3.63, 3.8) is 0 Å². The fourth-order valence-corrected chi connectivity index (χ4v) is 4.59. The first-order valence-electron chi connectivity index (χ1n) is 9.09. The molecule has 0 aliphatic carbocycles. The summed E-state index contributed by atoms with van der Waals surface area (Å²) < 4.78 is 2.77. The van der Waals surface area contributed by atoms with Gasteiger partial charge in [-0.25, -0.2) is 4.79 Å². The number of hydrogen-bond acceptors (Lipinski definition) is 5. The van der Waals surface area contributed by atoms with E-state index < -0.39 is 5.97 Å². The van der Waals surface area contributed by atoms with Gasteiger partial charge in [-0.15, -0.1) is 10.2 Å². The second-order valence-electron chi connectivity index (χ2n) is 6.58. The van der Waals surface area contributed by atoms with Crippen LogP contribution in [-0.4, -0.2) is 39.9 Å². The van der Waals surface area contributed by atoms with Crippen LogP contribution >= 0.6 is 39.3 Å². The quantitative estimate of drug-likeness (QED) is 0.328. The van der Waals surface area contributed by atoms with E-state index in [-0.39, 0.29) is 4.91 Å². The molecule has 0 aliphatic rings. The molecule has 0 fully saturated rings. The fourth-order valence-electron chi connectivity index (χ4n) is 2.82. The molecular formula is C21H20BrClN4O2S. The van der Waals surface area contributed by atoms with E-state index in [0.717, 1.165) is 33.0 Å². The van der Waals surface area contributed by atoms with E-state index in [2.05, 4.69) is 26.1 Å². The van der Waals surface area contributed by atoms with Crippen LogP contribution < -0.4 is 4.90 Å². The monoisotopic (exact) mass is 506 g/mol. The Kier molecular flexibility index (Phi) is 7.23. The Bertz CT molecular complexity index is 1100. The number of thioether (sulfide) groups is 1. The van der Waals surface area contributed by atoms with Crippen LogP contribution in [0.2, 0.25) is 5.02 Å². The molecule has 0 atom stereocenters. The van der Waals surface area contributed by atoms with Gasteiger partial charge in [-0.2, -0.15) is 0 Å². The molecule has 0 aliphatic heterocycles. The molecule has 0 amide bonds. The van der Waals surface area contributed by atoms with Gasteiger partial charge in [0.15, 0.2) is 11.0 Å². The SMILES string of the molecule is CCn1c(S/C(=C\c2ccc(N(C)C)c(Br)c2)C(=O)O)nnc1-c1ccc(Cl)cc1. The van der Waals surface area contributed by atoms with Crippen LogP contribution in [0.25, 0.3) is 17.5 Å². The molecule has 0 saturated heterocycles. The number of anilines is 1. The van der Waals surface area contributed by atoms with E-state index in [1.165, 1.54) is 0 Å². The van der Waals surface area contributed by atoms with Crippen molar-refractivity contribution in [3.05, 3.63) is 62.4 Å². The normalized spacial score (nSPS) is 11.6. The summed E-state index contributed by atoms with van der Waals surface area (Å²) in [6, 6.07) is 13.0. The Labute approximate surface area is 192 Å². The average Bonchev–Trinajstić information content (AvgIpc) is 3.10. The van der Waals surface area contributed by atoms with Crippen molar-refractivity contribution in [1.82, 2.24) is 14.8 Å². The van der Waals surface area contributed by atoms with E-state index in [1.54, 1.807) is 18.2 Å². The minimum Gasteiger partial charge on any atom is -0.477 e. The van der Waals surface area contributed by atoms with Crippen LogP contribution in [-0.2, 0) is 11.3 Å². The third-order valence-electron chi connectivity index (χ3n) is 4.30. The van der Waals surface area contributed by atoms with E-state index in [0.29, 0.717) is 22.5 Å². The minimum absolute atomic E-state index is 0.157. The van der Waals surface area contributed by atoms with Crippen LogP contribution in [0.15, 0.2) is 57.0 Å². The predicted octanol–water partition coefficient (Wildman–Crippen LogP) is 5.66. The van der Waals surface area contributed by atoms with Crippen molar-refractivity contribution in [2.75, 3.05) is 19.0 Å². The number of carboxylic acid groups (broad SMARTS) is 1.